The minimum Gasteiger partial charge on any atom is -0.477 e. The van der Waals surface area contributed by atoms with Gasteiger partial charge in [0.25, 0.3) is 0 Å². The Kier molecular flexibility index (Phi) is 4.14. The van der Waals surface area contributed by atoms with Gasteiger partial charge in [0, 0.05) is 29.6 Å². The van der Waals surface area contributed by atoms with E-state index in [0.717, 1.165) is 0 Å². The van der Waals surface area contributed by atoms with Crippen molar-refractivity contribution in [2.45, 2.75) is 0 Å². The predicted molar refractivity (Wildman–Crippen MR) is 37.0 cm³/mol. The van der Waals surface area contributed by atoms with Crippen molar-refractivity contribution in [3.8, 4) is 0 Å². The van der Waals surface area contributed by atoms with Crippen LogP contribution >= 0.6 is 11.3 Å². The Morgan fingerprint density at radius 1 is 1.67 bits per heavy atom. The van der Waals surface area contributed by atoms with Crippen LogP contribution in [-0.4, -0.2) is 40.6 Å². The van der Waals surface area contributed by atoms with Gasteiger partial charge in [-0.3, -0.25) is 0 Å². The van der Waals surface area contributed by atoms with Crippen LogP contribution in [0.4, 0.5) is 0 Å². The van der Waals surface area contributed by atoms with Crippen LogP contribution in [0.25, 0.3) is 0 Å². The van der Waals surface area contributed by atoms with Gasteiger partial charge in [-0.1, -0.05) is 6.07 Å². The van der Waals surface area contributed by atoms with E-state index in [1.807, 2.05) is 0 Å². The van der Waals surface area contributed by atoms with Gasteiger partial charge >= 0.3 is 5.97 Å². The third kappa shape index (κ3) is 2.49. The Bertz CT molecular complexity index is 183. The molecule has 2 nitrogen and oxygen atoms in total. The Labute approximate surface area is 78.8 Å². The summed E-state index contributed by atoms with van der Waals surface area (Å²) >= 11 is 1.23. The minimum atomic E-state index is -0.847. The van der Waals surface area contributed by atoms with Gasteiger partial charge in [0.2, 0.25) is 0 Å². The van der Waals surface area contributed by atoms with E-state index in [1.165, 1.54) is 11.3 Å². The second kappa shape index (κ2) is 4.06. The van der Waals surface area contributed by atoms with E-state index >= 15 is 0 Å². The normalized spacial score (nSPS) is 8.00. The second-order valence-corrected chi connectivity index (χ2v) is 2.23. The molecule has 0 amide bonds. The summed E-state index contributed by atoms with van der Waals surface area (Å²) in [5.74, 6) is -0.847. The number of carbonyl (C=O) groups is 1. The molecule has 9 heavy (non-hydrogen) atoms. The first kappa shape index (κ1) is 9.17. The first-order valence-corrected chi connectivity index (χ1v) is 2.95. The molecule has 1 radical (unpaired) electrons. The van der Waals surface area contributed by atoms with Gasteiger partial charge in [0.05, 0.1) is 0 Å². The molecule has 1 aromatic rings. The van der Waals surface area contributed by atoms with Crippen LogP contribution in [0.15, 0.2) is 17.5 Å². The summed E-state index contributed by atoms with van der Waals surface area (Å²) in [5, 5.41) is 10.0. The molecule has 0 saturated carbocycles. The maximum Gasteiger partial charge on any atom is 0.345 e. The molecule has 4 heteroatoms. The third-order valence-electron chi connectivity index (χ3n) is 0.732. The van der Waals surface area contributed by atoms with Crippen molar-refractivity contribution in [3.05, 3.63) is 22.4 Å². The summed E-state index contributed by atoms with van der Waals surface area (Å²) in [5.41, 5.74) is 0. The van der Waals surface area contributed by atoms with Crippen LogP contribution in [0.2, 0.25) is 0 Å². The van der Waals surface area contributed by atoms with Crippen LogP contribution in [-0.2, 0) is 0 Å². The summed E-state index contributed by atoms with van der Waals surface area (Å²) in [6.07, 6.45) is 0. The summed E-state index contributed by atoms with van der Waals surface area (Å²) in [6.45, 7) is 0. The Balaban J connectivity index is 0.000000640. The third-order valence-corrected chi connectivity index (χ3v) is 1.59. The first-order chi connectivity index (χ1) is 3.80. The molecule has 0 aliphatic rings. The zero-order valence-corrected chi connectivity index (χ0v) is 7.81. The Morgan fingerprint density at radius 3 is 2.56 bits per heavy atom. The first-order valence-electron chi connectivity index (χ1n) is 2.07. The molecule has 43 valence electrons. The molecule has 0 aromatic carbocycles. The molecule has 1 N–H and O–H groups in total. The van der Waals surface area contributed by atoms with Crippen molar-refractivity contribution in [1.29, 1.82) is 0 Å². The van der Waals surface area contributed by atoms with Gasteiger partial charge in [-0.25, -0.2) is 4.79 Å². The second-order valence-electron chi connectivity index (χ2n) is 1.28. The van der Waals surface area contributed by atoms with E-state index in [-0.39, 0.29) is 29.6 Å². The van der Waals surface area contributed by atoms with Crippen LogP contribution in [0.3, 0.4) is 0 Å². The van der Waals surface area contributed by atoms with Gasteiger partial charge < -0.3 is 5.11 Å². The van der Waals surface area contributed by atoms with Crippen molar-refractivity contribution in [1.82, 2.24) is 0 Å². The van der Waals surface area contributed by atoms with Crippen molar-refractivity contribution < 1.29 is 9.90 Å². The number of carboxylic acid groups (broad SMARTS) is 1. The number of rotatable bonds is 1. The molecule has 1 heterocycles. The molecule has 0 aliphatic heterocycles. The molecule has 1 aromatic heterocycles. The zero-order valence-electron chi connectivity index (χ0n) is 5.00. The maximum atomic E-state index is 10.1. The number of carboxylic acids is 1. The number of thiophene rings is 1. The fraction of sp³-hybridized carbons (Fsp3) is 0. The molecule has 0 unspecified atom stereocenters. The van der Waals surface area contributed by atoms with Crippen LogP contribution in [0.5, 0.6) is 0 Å². The predicted octanol–water partition coefficient (Wildman–Crippen LogP) is 1.07. The Morgan fingerprint density at radius 2 is 2.33 bits per heavy atom. The maximum absolute atomic E-state index is 10.1. The average molecular weight is 151 g/mol. The van der Waals surface area contributed by atoms with Gasteiger partial charge in [-0.15, -0.1) is 11.3 Å². The molecular weight excluding hydrogens is 147 g/mol. The van der Waals surface area contributed by atoms with Crippen LogP contribution in [0.1, 0.15) is 9.67 Å². The molecule has 0 spiro atoms. The molecule has 0 aliphatic carbocycles. The molecule has 0 atom stereocenters. The monoisotopic (exact) mass is 151 g/mol. The summed E-state index contributed by atoms with van der Waals surface area (Å²) < 4.78 is 0. The van der Waals surface area contributed by atoms with E-state index in [1.54, 1.807) is 17.5 Å². The summed E-state index contributed by atoms with van der Waals surface area (Å²) in [4.78, 5) is 10.5. The van der Waals surface area contributed by atoms with E-state index in [2.05, 4.69) is 0 Å². The topological polar surface area (TPSA) is 37.3 Å². The van der Waals surface area contributed by atoms with Crippen molar-refractivity contribution in [2.24, 2.45) is 0 Å². The van der Waals surface area contributed by atoms with E-state index in [4.69, 9.17) is 5.11 Å². The van der Waals surface area contributed by atoms with Crippen molar-refractivity contribution in [2.75, 3.05) is 0 Å². The standard InChI is InChI=1S/C5H4O2S.Na/c6-5(7)4-2-1-3-8-4;/h1-3H,(H,6,7);. The van der Waals surface area contributed by atoms with E-state index in [0.29, 0.717) is 4.88 Å². The SMILES string of the molecule is O=C(O)c1cccs1.[Na]. The van der Waals surface area contributed by atoms with Gasteiger partial charge in [0.1, 0.15) is 4.88 Å². The fourth-order valence-electron chi connectivity index (χ4n) is 0.400. The fourth-order valence-corrected chi connectivity index (χ4v) is 0.962. The molecule has 0 fully saturated rings. The number of hydrogen-bond acceptors (Lipinski definition) is 2. The molecule has 0 bridgehead atoms. The van der Waals surface area contributed by atoms with Crippen molar-refractivity contribution >= 4 is 46.9 Å². The summed E-state index contributed by atoms with van der Waals surface area (Å²) in [6, 6.07) is 3.29. The van der Waals surface area contributed by atoms with Gasteiger partial charge in [-0.2, -0.15) is 0 Å². The van der Waals surface area contributed by atoms with Crippen LogP contribution < -0.4 is 0 Å². The minimum absolute atomic E-state index is 0. The average Bonchev–Trinajstić information content (AvgIpc) is 2.12. The molecule has 0 saturated heterocycles. The van der Waals surface area contributed by atoms with Gasteiger partial charge in [0.15, 0.2) is 0 Å². The Hall–Kier alpha value is 0.170. The van der Waals surface area contributed by atoms with E-state index < -0.39 is 5.97 Å². The molecular formula is C5H4NaO2S. The largest absolute Gasteiger partial charge is 0.477 e. The summed E-state index contributed by atoms with van der Waals surface area (Å²) in [7, 11) is 0. The number of aromatic carboxylic acids is 1. The van der Waals surface area contributed by atoms with Crippen LogP contribution in [0, 0.1) is 0 Å². The van der Waals surface area contributed by atoms with Gasteiger partial charge in [-0.05, 0) is 11.4 Å². The molecule has 1 rings (SSSR count). The zero-order chi connectivity index (χ0) is 5.98. The van der Waals surface area contributed by atoms with E-state index in [9.17, 15) is 4.79 Å². The quantitative estimate of drug-likeness (QED) is 0.609. The number of hydrogen-bond donors (Lipinski definition) is 1. The van der Waals surface area contributed by atoms with Crippen molar-refractivity contribution in [3.63, 3.8) is 0 Å². The smallest absolute Gasteiger partial charge is 0.345 e.